The topological polar surface area (TPSA) is 41.5 Å². The average molecular weight is 231 g/mol. The molecule has 2 N–H and O–H groups in total. The third kappa shape index (κ3) is 8.08. The van der Waals surface area contributed by atoms with E-state index in [2.05, 4.69) is 19.2 Å². The number of likely N-dealkylation sites (N-methyl/N-ethyl adjacent to an activating group) is 1. The van der Waals surface area contributed by atoms with Crippen molar-refractivity contribution < 1.29 is 9.84 Å². The predicted octanol–water partition coefficient (Wildman–Crippen LogP) is 2.33. The molecule has 98 valence electrons. The third-order valence-corrected chi connectivity index (χ3v) is 3.11. The molecule has 0 amide bonds. The van der Waals surface area contributed by atoms with Crippen molar-refractivity contribution in [3.63, 3.8) is 0 Å². The van der Waals surface area contributed by atoms with Crippen molar-refractivity contribution >= 4 is 0 Å². The van der Waals surface area contributed by atoms with E-state index in [1.165, 1.54) is 19.3 Å². The summed E-state index contributed by atoms with van der Waals surface area (Å²) < 4.78 is 5.53. The van der Waals surface area contributed by atoms with Crippen LogP contribution in [0, 0.1) is 0 Å². The SMILES string of the molecule is CCCCCOCCCCC(C)(CO)NC. The van der Waals surface area contributed by atoms with Gasteiger partial charge >= 0.3 is 0 Å². The Morgan fingerprint density at radius 3 is 2.25 bits per heavy atom. The molecule has 0 aliphatic carbocycles. The summed E-state index contributed by atoms with van der Waals surface area (Å²) in [6.45, 7) is 6.20. The maximum absolute atomic E-state index is 9.19. The van der Waals surface area contributed by atoms with Crippen LogP contribution in [0.15, 0.2) is 0 Å². The van der Waals surface area contributed by atoms with Crippen LogP contribution < -0.4 is 5.32 Å². The molecule has 1 unspecified atom stereocenters. The maximum atomic E-state index is 9.19. The molecule has 3 nitrogen and oxygen atoms in total. The Morgan fingerprint density at radius 2 is 1.75 bits per heavy atom. The minimum absolute atomic E-state index is 0.123. The summed E-state index contributed by atoms with van der Waals surface area (Å²) in [6, 6.07) is 0. The lowest BCUT2D eigenvalue weighted by atomic mass is 9.96. The third-order valence-electron chi connectivity index (χ3n) is 3.11. The second kappa shape index (κ2) is 10.1. The predicted molar refractivity (Wildman–Crippen MR) is 68.7 cm³/mol. The van der Waals surface area contributed by atoms with Crippen molar-refractivity contribution in [2.24, 2.45) is 0 Å². The molecule has 0 saturated carbocycles. The molecule has 16 heavy (non-hydrogen) atoms. The van der Waals surface area contributed by atoms with Crippen LogP contribution in [-0.4, -0.2) is 37.5 Å². The first-order valence-electron chi connectivity index (χ1n) is 6.56. The van der Waals surface area contributed by atoms with Crippen LogP contribution >= 0.6 is 0 Å². The zero-order valence-electron chi connectivity index (χ0n) is 11.2. The van der Waals surface area contributed by atoms with E-state index in [0.29, 0.717) is 0 Å². The van der Waals surface area contributed by atoms with Gasteiger partial charge in [-0.1, -0.05) is 19.8 Å². The largest absolute Gasteiger partial charge is 0.394 e. The van der Waals surface area contributed by atoms with Gasteiger partial charge in [0, 0.05) is 18.8 Å². The first kappa shape index (κ1) is 15.9. The highest BCUT2D eigenvalue weighted by Gasteiger charge is 2.19. The molecule has 1 atom stereocenters. The second-order valence-electron chi connectivity index (χ2n) is 4.75. The Bertz CT molecular complexity index is 147. The van der Waals surface area contributed by atoms with Gasteiger partial charge in [-0.2, -0.15) is 0 Å². The summed E-state index contributed by atoms with van der Waals surface area (Å²) in [5, 5.41) is 12.3. The summed E-state index contributed by atoms with van der Waals surface area (Å²) in [5.74, 6) is 0. The lowest BCUT2D eigenvalue weighted by molar-refractivity contribution is 0.120. The van der Waals surface area contributed by atoms with Crippen LogP contribution in [0.3, 0.4) is 0 Å². The molecular formula is C13H29NO2. The fourth-order valence-electron chi connectivity index (χ4n) is 1.56. The number of unbranched alkanes of at least 4 members (excludes halogenated alkanes) is 3. The lowest BCUT2D eigenvalue weighted by Crippen LogP contribution is -2.43. The lowest BCUT2D eigenvalue weighted by Gasteiger charge is -2.26. The number of rotatable bonds is 11. The summed E-state index contributed by atoms with van der Waals surface area (Å²) in [5.41, 5.74) is -0.123. The van der Waals surface area contributed by atoms with Gasteiger partial charge < -0.3 is 15.2 Å². The monoisotopic (exact) mass is 231 g/mol. The first-order chi connectivity index (χ1) is 7.68. The van der Waals surface area contributed by atoms with E-state index in [-0.39, 0.29) is 12.1 Å². The molecule has 0 aliphatic rings. The van der Waals surface area contributed by atoms with E-state index in [4.69, 9.17) is 4.74 Å². The van der Waals surface area contributed by atoms with Crippen LogP contribution in [-0.2, 0) is 4.74 Å². The molecule has 0 aromatic rings. The van der Waals surface area contributed by atoms with E-state index in [0.717, 1.165) is 32.5 Å². The van der Waals surface area contributed by atoms with E-state index in [1.54, 1.807) is 0 Å². The second-order valence-corrected chi connectivity index (χ2v) is 4.75. The van der Waals surface area contributed by atoms with Crippen LogP contribution in [0.1, 0.15) is 52.4 Å². The van der Waals surface area contributed by atoms with Crippen molar-refractivity contribution in [3.05, 3.63) is 0 Å². The van der Waals surface area contributed by atoms with Gasteiger partial charge in [0.1, 0.15) is 0 Å². The van der Waals surface area contributed by atoms with Crippen LogP contribution in [0.25, 0.3) is 0 Å². The van der Waals surface area contributed by atoms with E-state index in [9.17, 15) is 5.11 Å². The summed E-state index contributed by atoms with van der Waals surface area (Å²) in [7, 11) is 1.90. The molecule has 0 rings (SSSR count). The number of aliphatic hydroxyl groups is 1. The number of hydrogen-bond acceptors (Lipinski definition) is 3. The first-order valence-corrected chi connectivity index (χ1v) is 6.56. The van der Waals surface area contributed by atoms with Gasteiger partial charge in [0.05, 0.1) is 6.61 Å². The van der Waals surface area contributed by atoms with Gasteiger partial charge in [-0.15, -0.1) is 0 Å². The fraction of sp³-hybridized carbons (Fsp3) is 1.00. The number of hydrogen-bond donors (Lipinski definition) is 2. The normalized spacial score (nSPS) is 15.0. The molecule has 0 heterocycles. The molecule has 0 bridgehead atoms. The van der Waals surface area contributed by atoms with Gasteiger partial charge in [-0.3, -0.25) is 0 Å². The smallest absolute Gasteiger partial charge is 0.0610 e. The van der Waals surface area contributed by atoms with E-state index >= 15 is 0 Å². The zero-order chi connectivity index (χ0) is 12.3. The molecule has 3 heteroatoms. The van der Waals surface area contributed by atoms with Crippen LogP contribution in [0.4, 0.5) is 0 Å². The van der Waals surface area contributed by atoms with Crippen LogP contribution in [0.5, 0.6) is 0 Å². The van der Waals surface area contributed by atoms with Crippen molar-refractivity contribution in [2.45, 2.75) is 57.9 Å². The van der Waals surface area contributed by atoms with Crippen molar-refractivity contribution in [1.29, 1.82) is 0 Å². The summed E-state index contributed by atoms with van der Waals surface area (Å²) in [4.78, 5) is 0. The van der Waals surface area contributed by atoms with E-state index in [1.807, 2.05) is 7.05 Å². The maximum Gasteiger partial charge on any atom is 0.0610 e. The number of ether oxygens (including phenoxy) is 1. The summed E-state index contributed by atoms with van der Waals surface area (Å²) in [6.07, 6.45) is 6.89. The molecule has 0 aromatic heterocycles. The Kier molecular flexibility index (Phi) is 9.99. The standard InChI is InChI=1S/C13H29NO2/c1-4-5-7-10-16-11-8-6-9-13(2,12-15)14-3/h14-15H,4-12H2,1-3H3. The van der Waals surface area contributed by atoms with E-state index < -0.39 is 0 Å². The Balaban J connectivity index is 3.26. The van der Waals surface area contributed by atoms with Crippen LogP contribution in [0.2, 0.25) is 0 Å². The van der Waals surface area contributed by atoms with Crippen molar-refractivity contribution in [2.75, 3.05) is 26.9 Å². The molecule has 0 aliphatic heterocycles. The Labute approximate surface area is 101 Å². The van der Waals surface area contributed by atoms with Gasteiger partial charge in [-0.25, -0.2) is 0 Å². The molecule has 0 fully saturated rings. The Morgan fingerprint density at radius 1 is 1.12 bits per heavy atom. The zero-order valence-corrected chi connectivity index (χ0v) is 11.2. The van der Waals surface area contributed by atoms with Crippen molar-refractivity contribution in [3.8, 4) is 0 Å². The fourth-order valence-corrected chi connectivity index (χ4v) is 1.56. The minimum Gasteiger partial charge on any atom is -0.394 e. The highest BCUT2D eigenvalue weighted by molar-refractivity contribution is 4.79. The van der Waals surface area contributed by atoms with Gasteiger partial charge in [0.15, 0.2) is 0 Å². The van der Waals surface area contributed by atoms with Gasteiger partial charge in [-0.05, 0) is 39.7 Å². The number of aliphatic hydroxyl groups excluding tert-OH is 1. The molecule has 0 spiro atoms. The molecule has 0 aromatic carbocycles. The highest BCUT2D eigenvalue weighted by Crippen LogP contribution is 2.12. The van der Waals surface area contributed by atoms with Gasteiger partial charge in [0.25, 0.3) is 0 Å². The average Bonchev–Trinajstić information content (AvgIpc) is 2.32. The minimum atomic E-state index is -0.123. The van der Waals surface area contributed by atoms with Gasteiger partial charge in [0.2, 0.25) is 0 Å². The molecular weight excluding hydrogens is 202 g/mol. The quantitative estimate of drug-likeness (QED) is 0.536. The molecule has 0 radical (unpaired) electrons. The summed E-state index contributed by atoms with van der Waals surface area (Å²) >= 11 is 0. The number of nitrogens with one attached hydrogen (secondary N) is 1. The molecule has 0 saturated heterocycles. The van der Waals surface area contributed by atoms with Crippen molar-refractivity contribution in [1.82, 2.24) is 5.32 Å². The Hall–Kier alpha value is -0.120. The highest BCUT2D eigenvalue weighted by atomic mass is 16.5.